The second-order valence-electron chi connectivity index (χ2n) is 4.96. The Hall–Kier alpha value is -3.35. The maximum absolute atomic E-state index is 12.8. The summed E-state index contributed by atoms with van der Waals surface area (Å²) in [7, 11) is 0. The Morgan fingerprint density at radius 1 is 1.31 bits per heavy atom. The van der Waals surface area contributed by atoms with E-state index in [0.29, 0.717) is 0 Å². The van der Waals surface area contributed by atoms with Gasteiger partial charge in [-0.05, 0) is 32.9 Å². The SMILES string of the molecule is O=C(CO)c1nonc1NCn1nnnc1-c1cccc(C(F)(F)F)c1. The molecule has 2 aromatic heterocycles. The van der Waals surface area contributed by atoms with E-state index in [1.54, 1.807) is 0 Å². The van der Waals surface area contributed by atoms with Gasteiger partial charge in [0.2, 0.25) is 11.6 Å². The van der Waals surface area contributed by atoms with Gasteiger partial charge in [0.25, 0.3) is 0 Å². The molecule has 13 heteroatoms. The summed E-state index contributed by atoms with van der Waals surface area (Å²) in [5, 5.41) is 29.2. The fourth-order valence-electron chi connectivity index (χ4n) is 2.06. The minimum Gasteiger partial charge on any atom is -0.388 e. The number of tetrazole rings is 1. The number of carbonyl (C=O) groups is 1. The molecular weight excluding hydrogens is 359 g/mol. The van der Waals surface area contributed by atoms with Crippen LogP contribution >= 0.6 is 0 Å². The number of halogens is 3. The third kappa shape index (κ3) is 3.51. The molecule has 3 aromatic rings. The van der Waals surface area contributed by atoms with Crippen molar-refractivity contribution in [2.45, 2.75) is 12.8 Å². The Bertz CT molecular complexity index is 922. The molecular formula is C13H10F3N7O3. The van der Waals surface area contributed by atoms with Crippen LogP contribution in [0.1, 0.15) is 16.1 Å². The lowest BCUT2D eigenvalue weighted by atomic mass is 10.1. The van der Waals surface area contributed by atoms with Crippen LogP contribution in [-0.4, -0.2) is 48.0 Å². The minimum atomic E-state index is -4.50. The number of aliphatic hydroxyl groups excluding tert-OH is 1. The van der Waals surface area contributed by atoms with Gasteiger partial charge in [0.05, 0.1) is 5.56 Å². The molecule has 0 fully saturated rings. The second-order valence-corrected chi connectivity index (χ2v) is 4.96. The molecule has 0 saturated carbocycles. The summed E-state index contributed by atoms with van der Waals surface area (Å²) >= 11 is 0. The summed E-state index contributed by atoms with van der Waals surface area (Å²) in [4.78, 5) is 11.5. The zero-order valence-corrected chi connectivity index (χ0v) is 12.8. The zero-order valence-electron chi connectivity index (χ0n) is 12.8. The number of carbonyl (C=O) groups excluding carboxylic acids is 1. The molecule has 3 rings (SSSR count). The summed E-state index contributed by atoms with van der Waals surface area (Å²) < 4.78 is 44.1. The van der Waals surface area contributed by atoms with Crippen molar-refractivity contribution >= 4 is 11.6 Å². The Balaban J connectivity index is 1.82. The van der Waals surface area contributed by atoms with Gasteiger partial charge in [-0.3, -0.25) is 4.79 Å². The first kappa shape index (κ1) is 17.5. The number of hydrogen-bond donors (Lipinski definition) is 2. The highest BCUT2D eigenvalue weighted by molar-refractivity contribution is 5.98. The predicted molar refractivity (Wildman–Crippen MR) is 77.6 cm³/mol. The smallest absolute Gasteiger partial charge is 0.388 e. The second kappa shape index (κ2) is 6.87. The van der Waals surface area contributed by atoms with Gasteiger partial charge in [-0.1, -0.05) is 12.1 Å². The van der Waals surface area contributed by atoms with Crippen molar-refractivity contribution in [3.63, 3.8) is 0 Å². The van der Waals surface area contributed by atoms with Crippen LogP contribution in [0.25, 0.3) is 11.4 Å². The topological polar surface area (TPSA) is 132 Å². The van der Waals surface area contributed by atoms with Gasteiger partial charge in [-0.25, -0.2) is 9.31 Å². The van der Waals surface area contributed by atoms with Crippen molar-refractivity contribution in [1.29, 1.82) is 0 Å². The number of benzene rings is 1. The number of aromatic nitrogens is 6. The molecule has 0 unspecified atom stereocenters. The standard InChI is InChI=1S/C13H10F3N7O3/c14-13(15,16)8-3-1-2-7(4-8)12-18-21-22-23(12)6-17-11-10(9(25)5-24)19-26-20-11/h1-4,24H,5-6H2,(H,17,20). The lowest BCUT2D eigenvalue weighted by Crippen LogP contribution is -2.15. The Morgan fingerprint density at radius 3 is 2.85 bits per heavy atom. The Kier molecular flexibility index (Phi) is 4.62. The first-order valence-corrected chi connectivity index (χ1v) is 7.04. The first-order chi connectivity index (χ1) is 12.4. The van der Waals surface area contributed by atoms with E-state index in [0.717, 1.165) is 16.8 Å². The van der Waals surface area contributed by atoms with Gasteiger partial charge in [0, 0.05) is 5.56 Å². The van der Waals surface area contributed by atoms with Crippen molar-refractivity contribution in [2.24, 2.45) is 0 Å². The molecule has 10 nitrogen and oxygen atoms in total. The third-order valence-corrected chi connectivity index (χ3v) is 3.27. The van der Waals surface area contributed by atoms with E-state index in [1.165, 1.54) is 12.1 Å². The number of alkyl halides is 3. The number of Topliss-reactive ketones (excluding diaryl/α,β-unsaturated/α-hetero) is 1. The van der Waals surface area contributed by atoms with Crippen LogP contribution in [0, 0.1) is 0 Å². The number of nitrogens with zero attached hydrogens (tertiary/aromatic N) is 6. The maximum Gasteiger partial charge on any atom is 0.416 e. The van der Waals surface area contributed by atoms with Crippen LogP contribution in [0.4, 0.5) is 19.0 Å². The molecule has 0 saturated heterocycles. The fourth-order valence-corrected chi connectivity index (χ4v) is 2.06. The van der Waals surface area contributed by atoms with E-state index in [1.807, 2.05) is 0 Å². The molecule has 0 spiro atoms. The van der Waals surface area contributed by atoms with E-state index >= 15 is 0 Å². The summed E-state index contributed by atoms with van der Waals surface area (Å²) in [6, 6.07) is 4.52. The molecule has 0 aliphatic rings. The number of aliphatic hydroxyl groups is 1. The van der Waals surface area contributed by atoms with E-state index in [4.69, 9.17) is 5.11 Å². The highest BCUT2D eigenvalue weighted by atomic mass is 19.4. The first-order valence-electron chi connectivity index (χ1n) is 7.04. The van der Waals surface area contributed by atoms with Crippen molar-refractivity contribution in [3.05, 3.63) is 35.5 Å². The molecule has 0 aliphatic heterocycles. The van der Waals surface area contributed by atoms with Crippen molar-refractivity contribution in [3.8, 4) is 11.4 Å². The molecule has 0 radical (unpaired) electrons. The molecule has 0 aliphatic carbocycles. The number of nitrogens with one attached hydrogen (secondary N) is 1. The van der Waals surface area contributed by atoms with Crippen LogP contribution in [0.5, 0.6) is 0 Å². The van der Waals surface area contributed by atoms with Gasteiger partial charge >= 0.3 is 6.18 Å². The number of ketones is 1. The fraction of sp³-hybridized carbons (Fsp3) is 0.231. The lowest BCUT2D eigenvalue weighted by Gasteiger charge is -2.09. The average Bonchev–Trinajstić information content (AvgIpc) is 3.27. The molecule has 0 amide bonds. The Morgan fingerprint density at radius 2 is 2.12 bits per heavy atom. The van der Waals surface area contributed by atoms with Crippen LogP contribution in [0.2, 0.25) is 0 Å². The molecule has 0 bridgehead atoms. The zero-order chi connectivity index (χ0) is 18.7. The summed E-state index contributed by atoms with van der Waals surface area (Å²) in [5.74, 6) is -0.715. The van der Waals surface area contributed by atoms with E-state index in [9.17, 15) is 18.0 Å². The minimum absolute atomic E-state index is 0.0606. The number of anilines is 1. The van der Waals surface area contributed by atoms with Crippen LogP contribution < -0.4 is 5.32 Å². The summed E-state index contributed by atoms with van der Waals surface area (Å²) in [6.45, 7) is -0.929. The van der Waals surface area contributed by atoms with Crippen LogP contribution in [0.3, 0.4) is 0 Å². The quantitative estimate of drug-likeness (QED) is 0.610. The van der Waals surface area contributed by atoms with Gasteiger partial charge in [0.15, 0.2) is 11.5 Å². The molecule has 1 aromatic carbocycles. The van der Waals surface area contributed by atoms with E-state index < -0.39 is 24.1 Å². The van der Waals surface area contributed by atoms with Gasteiger partial charge in [-0.15, -0.1) is 5.10 Å². The normalized spacial score (nSPS) is 11.5. The third-order valence-electron chi connectivity index (χ3n) is 3.27. The predicted octanol–water partition coefficient (Wildman–Crippen LogP) is 0.986. The van der Waals surface area contributed by atoms with Gasteiger partial charge < -0.3 is 10.4 Å². The average molecular weight is 369 g/mol. The maximum atomic E-state index is 12.8. The molecule has 136 valence electrons. The highest BCUT2D eigenvalue weighted by Gasteiger charge is 2.31. The van der Waals surface area contributed by atoms with E-state index in [2.05, 4.69) is 35.8 Å². The highest BCUT2D eigenvalue weighted by Crippen LogP contribution is 2.31. The van der Waals surface area contributed by atoms with Gasteiger partial charge in [-0.2, -0.15) is 13.2 Å². The molecule has 26 heavy (non-hydrogen) atoms. The summed E-state index contributed by atoms with van der Waals surface area (Å²) in [6.07, 6.45) is -4.50. The molecule has 2 N–H and O–H groups in total. The molecule has 2 heterocycles. The van der Waals surface area contributed by atoms with Crippen LogP contribution in [-0.2, 0) is 12.8 Å². The van der Waals surface area contributed by atoms with E-state index in [-0.39, 0.29) is 29.6 Å². The van der Waals surface area contributed by atoms with Crippen molar-refractivity contribution < 1.29 is 27.7 Å². The van der Waals surface area contributed by atoms with Crippen molar-refractivity contribution in [2.75, 3.05) is 11.9 Å². The van der Waals surface area contributed by atoms with Crippen LogP contribution in [0.15, 0.2) is 28.9 Å². The molecule has 0 atom stereocenters. The van der Waals surface area contributed by atoms with Gasteiger partial charge in [0.1, 0.15) is 13.3 Å². The number of hydrogen-bond acceptors (Lipinski definition) is 9. The Labute approximate surface area is 142 Å². The summed E-state index contributed by atoms with van der Waals surface area (Å²) in [5.41, 5.74) is -0.910. The number of rotatable bonds is 6. The largest absolute Gasteiger partial charge is 0.416 e. The monoisotopic (exact) mass is 369 g/mol. The van der Waals surface area contributed by atoms with Crippen molar-refractivity contribution in [1.82, 2.24) is 30.5 Å². The lowest BCUT2D eigenvalue weighted by molar-refractivity contribution is -0.137.